The van der Waals surface area contributed by atoms with Crippen molar-refractivity contribution in [1.29, 1.82) is 0 Å². The molecule has 0 saturated carbocycles. The summed E-state index contributed by atoms with van der Waals surface area (Å²) < 4.78 is 0. The predicted molar refractivity (Wildman–Crippen MR) is 354 cm³/mol. The van der Waals surface area contributed by atoms with Crippen LogP contribution in [-0.2, 0) is 0 Å². The van der Waals surface area contributed by atoms with Gasteiger partial charge in [-0.15, -0.1) is 0 Å². The van der Waals surface area contributed by atoms with E-state index in [9.17, 15) is 0 Å². The van der Waals surface area contributed by atoms with Crippen LogP contribution in [0.3, 0.4) is 0 Å². The number of hydrogen-bond donors (Lipinski definition) is 0. The first kappa shape index (κ1) is 51.0. The lowest BCUT2D eigenvalue weighted by molar-refractivity contribution is 0.812. The molecule has 0 radical (unpaired) electrons. The van der Waals surface area contributed by atoms with Gasteiger partial charge < -0.3 is 9.80 Å². The maximum absolute atomic E-state index is 2.80. The number of para-hydroxylation sites is 4. The average Bonchev–Trinajstić information content (AvgIpc) is 2.82. The van der Waals surface area contributed by atoms with Gasteiger partial charge in [-0.1, -0.05) is 288 Å². The lowest BCUT2D eigenvalue weighted by atomic mass is 9.34. The minimum atomic E-state index is -2.80. The van der Waals surface area contributed by atoms with Crippen LogP contribution in [0.2, 0.25) is 0 Å². The summed E-state index contributed by atoms with van der Waals surface area (Å²) in [6, 6.07) is 103. The Bertz CT molecular complexity index is 3730. The first-order valence-electron chi connectivity index (χ1n) is 29.0. The predicted octanol–water partition coefficient (Wildman–Crippen LogP) is 12.4. The Hall–Kier alpha value is -8.13. The normalized spacial score (nSPS) is 14.5. The smallest absolute Gasteiger partial charge is 0.244 e. The van der Waals surface area contributed by atoms with Crippen molar-refractivity contribution in [2.75, 3.05) is 9.80 Å². The second-order valence-electron chi connectivity index (χ2n) is 23.3. The van der Waals surface area contributed by atoms with Crippen LogP contribution in [0.25, 0.3) is 0 Å². The summed E-state index contributed by atoms with van der Waals surface area (Å²) >= 11 is 1.95. The van der Waals surface area contributed by atoms with Gasteiger partial charge >= 0.3 is 0 Å². The molecule has 81 heavy (non-hydrogen) atoms. The summed E-state index contributed by atoms with van der Waals surface area (Å²) in [5.74, 6) is 1.08. The van der Waals surface area contributed by atoms with Crippen molar-refractivity contribution in [3.8, 4) is 0 Å². The summed E-state index contributed by atoms with van der Waals surface area (Å²) in [4.78, 5) is 7.76. The maximum Gasteiger partial charge on any atom is 0.244 e. The van der Waals surface area contributed by atoms with Crippen LogP contribution < -0.4 is 67.7 Å². The third-order valence-electron chi connectivity index (χ3n) is 17.8. The molecule has 0 unspecified atom stereocenters. The van der Waals surface area contributed by atoms with Gasteiger partial charge in [0.05, 0.1) is 0 Å². The van der Waals surface area contributed by atoms with E-state index in [2.05, 4.69) is 318 Å². The zero-order valence-electron chi connectivity index (χ0n) is 47.0. The van der Waals surface area contributed by atoms with Crippen molar-refractivity contribution in [2.24, 2.45) is 0 Å². The molecule has 0 aromatic heterocycles. The number of benzene rings is 11. The van der Waals surface area contributed by atoms with Crippen LogP contribution in [-0.4, -0.2) is 22.9 Å². The van der Waals surface area contributed by atoms with Gasteiger partial charge in [-0.3, -0.25) is 0 Å². The Balaban J connectivity index is 0.992. The monoisotopic (exact) mass is 1090 g/mol. The summed E-state index contributed by atoms with van der Waals surface area (Å²) in [6.07, 6.45) is 0. The number of anilines is 6. The Kier molecular flexibility index (Phi) is 12.9. The second-order valence-corrected chi connectivity index (χ2v) is 31.8. The molecule has 0 fully saturated rings. The topological polar surface area (TPSA) is 6.48 Å². The molecule has 0 bridgehead atoms. The number of rotatable bonds is 10. The maximum atomic E-state index is 2.58. The molecule has 0 N–H and O–H groups in total. The summed E-state index contributed by atoms with van der Waals surface area (Å²) in [7, 11) is -5.60. The van der Waals surface area contributed by atoms with Crippen molar-refractivity contribution in [3.63, 3.8) is 0 Å². The number of fused-ring (bicyclic) bond motifs is 6. The second kappa shape index (κ2) is 20.4. The van der Waals surface area contributed by atoms with Crippen LogP contribution in [0.1, 0.15) is 76.0 Å². The fourth-order valence-corrected chi connectivity index (χ4v) is 25.7. The SMILES string of the molecule is CC(C)c1cc(C(C)C)c(B2c3ccc(N4c5ccccc5[Si](c5ccccc5)(c5ccccc5)c5ccccc54)cc3Sc3cc(N4c5ccccc5[Si](c5ccccc5)(c5ccccc5)c5ccccc54)ccc32)c(C(C)C)c1. The van der Waals surface area contributed by atoms with Crippen LogP contribution >= 0.6 is 11.8 Å². The summed E-state index contributed by atoms with van der Waals surface area (Å²) in [5.41, 5.74) is 15.9. The zero-order valence-corrected chi connectivity index (χ0v) is 49.8. The van der Waals surface area contributed by atoms with E-state index in [-0.39, 0.29) is 6.71 Å². The van der Waals surface area contributed by atoms with Gasteiger partial charge in [0.15, 0.2) is 16.1 Å². The Morgan fingerprint density at radius 1 is 0.321 bits per heavy atom. The molecule has 11 aromatic rings. The van der Waals surface area contributed by atoms with E-state index >= 15 is 0 Å². The van der Waals surface area contributed by atoms with Gasteiger partial charge in [0.1, 0.15) is 0 Å². The summed E-state index contributed by atoms with van der Waals surface area (Å²) in [5, 5.41) is 11.2. The van der Waals surface area contributed by atoms with Gasteiger partial charge in [0.2, 0.25) is 6.71 Å². The highest BCUT2D eigenvalue weighted by Gasteiger charge is 2.51. The molecular weight excluding hydrogens is 1030 g/mol. The van der Waals surface area contributed by atoms with Crippen LogP contribution in [0.4, 0.5) is 34.1 Å². The van der Waals surface area contributed by atoms with E-state index in [4.69, 9.17) is 0 Å². The molecule has 0 saturated heterocycles. The van der Waals surface area contributed by atoms with E-state index in [1.165, 1.54) is 118 Å². The minimum absolute atomic E-state index is 0.0182. The van der Waals surface area contributed by atoms with Crippen molar-refractivity contribution in [2.45, 2.75) is 69.1 Å². The van der Waals surface area contributed by atoms with E-state index in [1.54, 1.807) is 0 Å². The fraction of sp³-hybridized carbons (Fsp3) is 0.120. The molecule has 392 valence electrons. The highest BCUT2D eigenvalue weighted by molar-refractivity contribution is 8.00. The number of hydrogen-bond acceptors (Lipinski definition) is 3. The first-order chi connectivity index (χ1) is 39.7. The minimum Gasteiger partial charge on any atom is -0.311 e. The Labute approximate surface area is 485 Å². The third-order valence-corrected chi connectivity index (χ3v) is 28.7. The van der Waals surface area contributed by atoms with Gasteiger partial charge in [-0.25, -0.2) is 0 Å². The van der Waals surface area contributed by atoms with Crippen LogP contribution in [0.15, 0.2) is 277 Å². The Morgan fingerprint density at radius 3 is 0.914 bits per heavy atom. The van der Waals surface area contributed by atoms with Crippen LogP contribution in [0, 0.1) is 0 Å². The zero-order chi connectivity index (χ0) is 55.0. The highest BCUT2D eigenvalue weighted by atomic mass is 32.2. The van der Waals surface area contributed by atoms with Gasteiger partial charge in [0.25, 0.3) is 0 Å². The lowest BCUT2D eigenvalue weighted by Gasteiger charge is -2.45. The molecule has 3 heterocycles. The van der Waals surface area contributed by atoms with Crippen molar-refractivity contribution in [1.82, 2.24) is 0 Å². The molecule has 11 aromatic carbocycles. The molecule has 3 aliphatic heterocycles. The Morgan fingerprint density at radius 2 is 0.617 bits per heavy atom. The molecule has 3 aliphatic rings. The van der Waals surface area contributed by atoms with Crippen LogP contribution in [0.5, 0.6) is 0 Å². The summed E-state index contributed by atoms with van der Waals surface area (Å²) in [6.45, 7) is 14.3. The quantitative estimate of drug-likeness (QED) is 0.126. The van der Waals surface area contributed by atoms with Crippen molar-refractivity contribution >= 4 is 127 Å². The van der Waals surface area contributed by atoms with E-state index < -0.39 is 16.1 Å². The molecule has 0 spiro atoms. The van der Waals surface area contributed by atoms with Crippen molar-refractivity contribution in [3.05, 3.63) is 284 Å². The third kappa shape index (κ3) is 7.97. The van der Waals surface area contributed by atoms with Gasteiger partial charge in [-0.05, 0) is 124 Å². The number of nitrogens with zero attached hydrogens (tertiary/aromatic N) is 2. The molecule has 6 heteroatoms. The molecule has 0 atom stereocenters. The highest BCUT2D eigenvalue weighted by Crippen LogP contribution is 2.44. The lowest BCUT2D eigenvalue weighted by Crippen LogP contribution is -2.77. The van der Waals surface area contributed by atoms with Gasteiger partial charge in [0, 0.05) is 43.9 Å². The molecular formula is C75H65BN2SSi2. The first-order valence-corrected chi connectivity index (χ1v) is 33.8. The standard InChI is InChI=1S/C75H65BN2SSi2/c1-51(2)54-47-61(52(3)4)75(62(48-54)53(5)6)76-63-45-43-55(77-65-35-19-23-39-71(65)80(57-27-11-7-12-28-57,58-29-13-8-14-30-58)72-40-24-20-36-66(72)77)49-69(63)79-70-50-56(44-46-64(70)76)78-67-37-21-25-41-73(67)81(59-31-15-9-16-32-59,60-33-17-10-18-34-60)74-42-26-22-38-68(74)78/h7-53H,1-6H3. The van der Waals surface area contributed by atoms with E-state index in [0.29, 0.717) is 17.8 Å². The fourth-order valence-electron chi connectivity index (χ4n) is 14.3. The molecule has 14 rings (SSSR count). The average molecular weight is 1090 g/mol. The van der Waals surface area contributed by atoms with Gasteiger partial charge in [-0.2, -0.15) is 0 Å². The largest absolute Gasteiger partial charge is 0.311 e. The molecule has 0 aliphatic carbocycles. The molecule has 2 nitrogen and oxygen atoms in total. The van der Waals surface area contributed by atoms with Crippen molar-refractivity contribution < 1.29 is 0 Å². The van der Waals surface area contributed by atoms with E-state index in [0.717, 1.165) is 0 Å². The van der Waals surface area contributed by atoms with E-state index in [1.807, 2.05) is 11.8 Å². The molecule has 0 amide bonds.